The number of hydrogen-bond donors (Lipinski definition) is 0. The van der Waals surface area contributed by atoms with E-state index in [1.807, 2.05) is 6.92 Å². The Morgan fingerprint density at radius 1 is 1.25 bits per heavy atom. The molecule has 0 bridgehead atoms. The number of halogens is 2. The molecule has 0 saturated heterocycles. The van der Waals surface area contributed by atoms with Crippen molar-refractivity contribution in [2.75, 3.05) is 12.4 Å². The first-order valence-electron chi connectivity index (χ1n) is 7.70. The van der Waals surface area contributed by atoms with Gasteiger partial charge < -0.3 is 4.52 Å². The average Bonchev–Trinajstić information content (AvgIpc) is 2.86. The molecule has 0 amide bonds. The van der Waals surface area contributed by atoms with Gasteiger partial charge in [0.15, 0.2) is 5.78 Å². The van der Waals surface area contributed by atoms with Crippen LogP contribution in [0, 0.1) is 0 Å². The first-order chi connectivity index (χ1) is 11.4. The van der Waals surface area contributed by atoms with E-state index in [2.05, 4.69) is 0 Å². The van der Waals surface area contributed by atoms with Crippen LogP contribution in [0.1, 0.15) is 38.7 Å². The minimum absolute atomic E-state index is 0.0854. The van der Waals surface area contributed by atoms with Crippen LogP contribution < -0.4 is 0 Å². The van der Waals surface area contributed by atoms with Gasteiger partial charge in [-0.1, -0.05) is 36.2 Å². The summed E-state index contributed by atoms with van der Waals surface area (Å²) < 4.78 is 24.0. The molecule has 4 nitrogen and oxygen atoms in total. The lowest BCUT2D eigenvalue weighted by molar-refractivity contribution is -0.113. The van der Waals surface area contributed by atoms with E-state index < -0.39 is 6.80 Å². The van der Waals surface area contributed by atoms with E-state index in [-0.39, 0.29) is 12.4 Å². The number of carbonyl (C=O) groups excluding carboxylic acids is 1. The monoisotopic (exact) mass is 408 g/mol. The number of ketones is 1. The maximum absolute atomic E-state index is 12.9. The Morgan fingerprint density at radius 2 is 2.00 bits per heavy atom. The molecule has 1 aromatic carbocycles. The highest BCUT2D eigenvalue weighted by Crippen LogP contribution is 2.63. The van der Waals surface area contributed by atoms with Crippen molar-refractivity contribution in [3.05, 3.63) is 39.6 Å². The maximum Gasteiger partial charge on any atom is 0.439 e. The quantitative estimate of drug-likeness (QED) is 0.467. The predicted molar refractivity (Wildman–Crippen MR) is 101 cm³/mol. The molecule has 1 unspecified atom stereocenters. The van der Waals surface area contributed by atoms with Crippen LogP contribution in [0.3, 0.4) is 0 Å². The van der Waals surface area contributed by atoms with Gasteiger partial charge in [0, 0.05) is 29.2 Å². The van der Waals surface area contributed by atoms with Gasteiger partial charge in [0.25, 0.3) is 0 Å². The van der Waals surface area contributed by atoms with Gasteiger partial charge in [-0.3, -0.25) is 9.32 Å². The van der Waals surface area contributed by atoms with E-state index in [4.69, 9.17) is 32.2 Å². The summed E-state index contributed by atoms with van der Waals surface area (Å²) >= 11 is 13.3. The third-order valence-electron chi connectivity index (χ3n) is 3.30. The Bertz CT molecular complexity index is 705. The van der Waals surface area contributed by atoms with Crippen LogP contribution in [0.15, 0.2) is 24.0 Å². The summed E-state index contributed by atoms with van der Waals surface area (Å²) in [7, 11) is 0. The molecule has 0 aromatic heterocycles. The van der Waals surface area contributed by atoms with Gasteiger partial charge in [-0.25, -0.2) is 4.57 Å². The molecular weight excluding hydrogens is 390 g/mol. The molecule has 0 heterocycles. The minimum Gasteiger partial charge on any atom is -0.421 e. The van der Waals surface area contributed by atoms with Crippen molar-refractivity contribution in [1.82, 2.24) is 0 Å². The van der Waals surface area contributed by atoms with Crippen LogP contribution in [-0.2, 0) is 18.4 Å². The number of hydrogen-bond acceptors (Lipinski definition) is 5. The normalized spacial score (nSPS) is 17.2. The van der Waals surface area contributed by atoms with E-state index >= 15 is 0 Å². The second-order valence-corrected chi connectivity index (χ2v) is 10.1. The maximum atomic E-state index is 12.9. The molecule has 1 atom stereocenters. The van der Waals surface area contributed by atoms with Crippen LogP contribution >= 0.6 is 41.4 Å². The number of Topliss-reactive ketones (excluding diaryl/α,β-unsaturated/α-hetero) is 1. The van der Waals surface area contributed by atoms with Crippen LogP contribution in [-0.4, -0.2) is 18.1 Å². The summed E-state index contributed by atoms with van der Waals surface area (Å²) in [5.74, 6) is 0.942. The number of allylic oxidation sites excluding steroid dienone is 2. The van der Waals surface area contributed by atoms with Gasteiger partial charge in [-0.05, 0) is 36.9 Å². The molecule has 2 rings (SSSR count). The van der Waals surface area contributed by atoms with Crippen molar-refractivity contribution >= 4 is 52.7 Å². The number of rotatable bonds is 8. The smallest absolute Gasteiger partial charge is 0.421 e. The Hall–Kier alpha value is -0.450. The van der Waals surface area contributed by atoms with Gasteiger partial charge in [0.1, 0.15) is 5.76 Å². The van der Waals surface area contributed by atoms with Crippen LogP contribution in [0.2, 0.25) is 10.0 Å². The highest BCUT2D eigenvalue weighted by molar-refractivity contribution is 8.55. The zero-order valence-corrected chi connectivity index (χ0v) is 16.7. The van der Waals surface area contributed by atoms with E-state index in [0.717, 1.165) is 17.8 Å². The standard InChI is InChI=1S/C16H19Cl2O4PS/c1-3-9-24-23(20,21-4-2)22-15-8-7-14(19)16(15)12-6-5-11(17)10-13(12)18/h5-6,10H,3-4,7-9H2,1-2H3. The summed E-state index contributed by atoms with van der Waals surface area (Å²) in [6.45, 7) is 0.658. The van der Waals surface area contributed by atoms with Crippen LogP contribution in [0.25, 0.3) is 5.57 Å². The Kier molecular flexibility index (Phi) is 7.26. The lowest BCUT2D eigenvalue weighted by atomic mass is 10.0. The summed E-state index contributed by atoms with van der Waals surface area (Å²) in [6, 6.07) is 4.91. The van der Waals surface area contributed by atoms with E-state index in [1.54, 1.807) is 25.1 Å². The molecule has 0 saturated carbocycles. The lowest BCUT2D eigenvalue weighted by Gasteiger charge is -2.19. The second-order valence-electron chi connectivity index (χ2n) is 5.14. The van der Waals surface area contributed by atoms with E-state index in [1.165, 1.54) is 0 Å². The van der Waals surface area contributed by atoms with Crippen LogP contribution in [0.4, 0.5) is 0 Å². The van der Waals surface area contributed by atoms with Crippen molar-refractivity contribution in [3.63, 3.8) is 0 Å². The Balaban J connectivity index is 2.39. The second kappa shape index (κ2) is 8.77. The van der Waals surface area contributed by atoms with Crippen LogP contribution in [0.5, 0.6) is 0 Å². The fraction of sp³-hybridized carbons (Fsp3) is 0.438. The molecule has 0 radical (unpaired) electrons. The molecule has 0 aliphatic heterocycles. The summed E-state index contributed by atoms with van der Waals surface area (Å²) in [6.07, 6.45) is 1.53. The van der Waals surface area contributed by atoms with Gasteiger partial charge in [0.05, 0.1) is 17.2 Å². The fourth-order valence-electron chi connectivity index (χ4n) is 2.30. The van der Waals surface area contributed by atoms with Crippen molar-refractivity contribution < 1.29 is 18.4 Å². The third-order valence-corrected chi connectivity index (χ3v) is 7.81. The molecule has 1 aromatic rings. The fourth-order valence-corrected chi connectivity index (χ4v) is 6.35. The van der Waals surface area contributed by atoms with Crippen molar-refractivity contribution in [2.45, 2.75) is 33.1 Å². The van der Waals surface area contributed by atoms with Gasteiger partial charge in [-0.2, -0.15) is 0 Å². The molecule has 0 spiro atoms. The first-order valence-corrected chi connectivity index (χ1v) is 11.6. The predicted octanol–water partition coefficient (Wildman–Crippen LogP) is 6.37. The molecule has 0 N–H and O–H groups in total. The first kappa shape index (κ1) is 19.9. The molecule has 8 heteroatoms. The van der Waals surface area contributed by atoms with E-state index in [0.29, 0.717) is 45.5 Å². The van der Waals surface area contributed by atoms with Gasteiger partial charge in [-0.15, -0.1) is 0 Å². The molecule has 1 aliphatic carbocycles. The highest BCUT2D eigenvalue weighted by atomic mass is 35.5. The summed E-state index contributed by atoms with van der Waals surface area (Å²) in [5.41, 5.74) is 0.913. The number of benzene rings is 1. The zero-order valence-electron chi connectivity index (χ0n) is 13.5. The summed E-state index contributed by atoms with van der Waals surface area (Å²) in [4.78, 5) is 12.3. The van der Waals surface area contributed by atoms with Crippen molar-refractivity contribution in [2.24, 2.45) is 0 Å². The molecule has 132 valence electrons. The molecule has 0 fully saturated rings. The SMILES string of the molecule is CCCSP(=O)(OCC)OC1=C(c2ccc(Cl)cc2Cl)C(=O)CC1. The van der Waals surface area contributed by atoms with Crippen molar-refractivity contribution in [3.8, 4) is 0 Å². The average molecular weight is 409 g/mol. The molecular formula is C16H19Cl2O4PS. The largest absolute Gasteiger partial charge is 0.439 e. The minimum atomic E-state index is -3.36. The van der Waals surface area contributed by atoms with Crippen molar-refractivity contribution in [1.29, 1.82) is 0 Å². The third kappa shape index (κ3) is 4.80. The molecule has 24 heavy (non-hydrogen) atoms. The number of carbonyl (C=O) groups is 1. The lowest BCUT2D eigenvalue weighted by Crippen LogP contribution is -1.99. The zero-order chi connectivity index (χ0) is 17.7. The summed E-state index contributed by atoms with van der Waals surface area (Å²) in [5, 5.41) is 0.844. The van der Waals surface area contributed by atoms with Gasteiger partial charge in [0.2, 0.25) is 0 Å². The van der Waals surface area contributed by atoms with E-state index in [9.17, 15) is 9.36 Å². The highest BCUT2D eigenvalue weighted by Gasteiger charge is 2.34. The van der Waals surface area contributed by atoms with Gasteiger partial charge >= 0.3 is 6.80 Å². The topological polar surface area (TPSA) is 52.6 Å². The molecule has 1 aliphatic rings. The Morgan fingerprint density at radius 3 is 2.62 bits per heavy atom. The Labute approximate surface area is 156 Å².